The Kier molecular flexibility index (Phi) is 21.7. The number of carbonyl (C=O) groups is 6. The molecule has 22 heteroatoms. The molecule has 0 aliphatic carbocycles. The van der Waals surface area contributed by atoms with E-state index < -0.39 is 53.7 Å². The van der Waals surface area contributed by atoms with Gasteiger partial charge >= 0.3 is 0 Å². The van der Waals surface area contributed by atoms with Gasteiger partial charge in [0.25, 0.3) is 35.4 Å². The number of hydrogen-bond acceptors (Lipinski definition) is 10. The van der Waals surface area contributed by atoms with Gasteiger partial charge < -0.3 is 30.7 Å². The largest absolute Gasteiger partial charge is 0.483 e. The first-order valence-corrected chi connectivity index (χ1v) is 32.2. The predicted molar refractivity (Wildman–Crippen MR) is 367 cm³/mol. The zero-order valence-electron chi connectivity index (χ0n) is 52.8. The molecule has 2 atom stereocenters. The average molecular weight is 1360 g/mol. The summed E-state index contributed by atoms with van der Waals surface area (Å²) in [4.78, 5) is 86.0. The molecule has 0 saturated heterocycles. The predicted octanol–water partition coefficient (Wildman–Crippen LogP) is 16.9. The van der Waals surface area contributed by atoms with Crippen molar-refractivity contribution in [1.29, 1.82) is 0 Å². The minimum absolute atomic E-state index is 0.0387. The van der Waals surface area contributed by atoms with Crippen LogP contribution < -0.4 is 40.8 Å². The molecule has 6 aromatic carbocycles. The van der Waals surface area contributed by atoms with Crippen molar-refractivity contribution in [2.75, 3.05) is 33.9 Å². The summed E-state index contributed by atoms with van der Waals surface area (Å²) < 4.78 is 12.4. The number of anilines is 4. The molecule has 480 valence electrons. The third-order valence-electron chi connectivity index (χ3n) is 17.5. The molecule has 0 bridgehead atoms. The van der Waals surface area contributed by atoms with Crippen LogP contribution in [-0.4, -0.2) is 60.3 Å². The van der Waals surface area contributed by atoms with Crippen molar-refractivity contribution in [3.63, 3.8) is 0 Å². The Hall–Kier alpha value is -7.18. The van der Waals surface area contributed by atoms with Gasteiger partial charge in [-0.1, -0.05) is 189 Å². The van der Waals surface area contributed by atoms with Crippen molar-refractivity contribution < 1.29 is 38.2 Å². The Morgan fingerprint density at radius 3 is 1.13 bits per heavy atom. The first kappa shape index (κ1) is 69.7. The number of nitrogens with zero attached hydrogens (tertiary/aromatic N) is 4. The van der Waals surface area contributed by atoms with Crippen LogP contribution in [-0.2, 0) is 40.8 Å². The van der Waals surface area contributed by atoms with Crippen LogP contribution in [0.25, 0.3) is 0 Å². The average Bonchev–Trinajstić information content (AvgIpc) is 1.84. The molecule has 0 aromatic heterocycles. The van der Waals surface area contributed by atoms with Crippen LogP contribution in [0.5, 0.6) is 11.5 Å². The Morgan fingerprint density at radius 1 is 0.462 bits per heavy atom. The summed E-state index contributed by atoms with van der Waals surface area (Å²) in [7, 11) is 0. The summed E-state index contributed by atoms with van der Waals surface area (Å²) in [6, 6.07) is 29.7. The molecule has 4 N–H and O–H groups in total. The van der Waals surface area contributed by atoms with Crippen LogP contribution in [0.4, 0.5) is 22.7 Å². The molecule has 2 unspecified atom stereocenters. The van der Waals surface area contributed by atoms with Crippen molar-refractivity contribution in [1.82, 2.24) is 10.6 Å². The number of amides is 6. The first-order chi connectivity index (χ1) is 42.8. The topological polar surface area (TPSA) is 200 Å². The number of benzene rings is 6. The summed E-state index contributed by atoms with van der Waals surface area (Å²) in [5.74, 6) is -6.41. The summed E-state index contributed by atoms with van der Waals surface area (Å²) >= 11 is 39.3. The van der Waals surface area contributed by atoms with Crippen LogP contribution in [0.15, 0.2) is 119 Å². The van der Waals surface area contributed by atoms with Crippen LogP contribution in [0.3, 0.4) is 0 Å². The number of hydrogen-bond donors (Lipinski definition) is 4. The van der Waals surface area contributed by atoms with Gasteiger partial charge in [-0.25, -0.2) is 0 Å². The van der Waals surface area contributed by atoms with Gasteiger partial charge in [-0.3, -0.25) is 28.8 Å². The van der Waals surface area contributed by atoms with Gasteiger partial charge in [0.15, 0.2) is 13.2 Å². The Morgan fingerprint density at radius 2 is 0.802 bits per heavy atom. The molecule has 2 heterocycles. The SMILES string of the molecule is CCC(C)(C)c1ccc(OCC(=O)Nc2cccc(C(=O)NC3=NN(c4c(Cl)cc(Cl)cc4Cl)C(=O)C3CC3C(=O)N(c4c(Cl)cc(Cl)cc4Cl)N=C3NC(=O)c3cccc(NC(=O)COc4ccc(C(C)(C)CC)cc4C(C)(C)CC)c3)c2)c(C(C)(C)CC)c1. The third-order valence-corrected chi connectivity index (χ3v) is 19.1. The van der Waals surface area contributed by atoms with Crippen molar-refractivity contribution in [3.05, 3.63) is 173 Å². The first-order valence-electron chi connectivity index (χ1n) is 29.9. The zero-order valence-corrected chi connectivity index (χ0v) is 57.4. The normalized spacial score (nSPS) is 15.3. The van der Waals surface area contributed by atoms with Gasteiger partial charge in [-0.2, -0.15) is 20.2 Å². The molecule has 6 amide bonds. The number of ether oxygens (including phenoxy) is 2. The molecular weight excluding hydrogens is 1280 g/mol. The number of carbonyl (C=O) groups excluding carboxylic acids is 6. The van der Waals surface area contributed by atoms with E-state index in [0.29, 0.717) is 11.5 Å². The second kappa shape index (κ2) is 28.4. The van der Waals surface area contributed by atoms with Gasteiger partial charge in [-0.15, -0.1) is 0 Å². The monoisotopic (exact) mass is 1350 g/mol. The Bertz CT molecular complexity index is 3630. The maximum Gasteiger partial charge on any atom is 0.262 e. The van der Waals surface area contributed by atoms with Crippen molar-refractivity contribution >= 4 is 139 Å². The highest BCUT2D eigenvalue weighted by Crippen LogP contribution is 2.45. The lowest BCUT2D eigenvalue weighted by Crippen LogP contribution is -2.42. The summed E-state index contributed by atoms with van der Waals surface area (Å²) in [5.41, 5.74) is 4.06. The number of hydrazone groups is 2. The lowest BCUT2D eigenvalue weighted by Gasteiger charge is -2.30. The van der Waals surface area contributed by atoms with Crippen molar-refractivity contribution in [2.45, 2.75) is 137 Å². The van der Waals surface area contributed by atoms with E-state index in [-0.39, 0.29) is 111 Å². The van der Waals surface area contributed by atoms with Crippen LogP contribution in [0.2, 0.25) is 30.1 Å². The molecule has 2 aliphatic heterocycles. The van der Waals surface area contributed by atoms with Crippen molar-refractivity contribution in [2.24, 2.45) is 22.0 Å². The van der Waals surface area contributed by atoms with Crippen LogP contribution >= 0.6 is 69.6 Å². The van der Waals surface area contributed by atoms with Crippen LogP contribution in [0.1, 0.15) is 158 Å². The minimum atomic E-state index is -1.48. The molecule has 0 fully saturated rings. The highest BCUT2D eigenvalue weighted by atomic mass is 35.5. The molecule has 6 aromatic rings. The fraction of sp³-hybridized carbons (Fsp3) is 0.362. The summed E-state index contributed by atoms with van der Waals surface area (Å²) in [5, 5.41) is 22.0. The number of amidine groups is 2. The molecular formula is C69H74Cl6N8O8. The van der Waals surface area contributed by atoms with E-state index in [1.165, 1.54) is 59.7 Å². The smallest absolute Gasteiger partial charge is 0.262 e. The lowest BCUT2D eigenvalue weighted by molar-refractivity contribution is -0.122. The highest BCUT2D eigenvalue weighted by molar-refractivity contribution is 6.44. The molecule has 91 heavy (non-hydrogen) atoms. The highest BCUT2D eigenvalue weighted by Gasteiger charge is 2.47. The maximum atomic E-state index is 15.0. The van der Waals surface area contributed by atoms with E-state index >= 15 is 0 Å². The Balaban J connectivity index is 1.05. The molecule has 8 rings (SSSR count). The second-order valence-corrected chi connectivity index (χ2v) is 27.7. The zero-order chi connectivity index (χ0) is 66.7. The fourth-order valence-corrected chi connectivity index (χ4v) is 12.2. The van der Waals surface area contributed by atoms with Crippen LogP contribution in [0, 0.1) is 11.8 Å². The molecule has 0 spiro atoms. The standard InChI is InChI=1S/C69H74Cl6N8O8/c1-13-66(5,6)40-23-25-54(48(29-40)68(9,10)15-3)90-36-56(84)76-44-21-17-19-38(27-44)62(86)78-60-46(64(88)82(80-60)58-50(72)31-42(70)32-51(58)73)35-47-61(81-83(65(47)89)59-52(74)33-43(71)34-53(59)75)79-63(87)39-20-18-22-45(28-39)77-57(85)37-91-55-26-24-41(67(7,8)14-2)30-49(55)69(11,12)16-4/h17-34,46-47H,13-16,35-37H2,1-12H3,(H,76,84)(H,77,85)(H,78,80,86)(H,79,81,87). The second-order valence-electron chi connectivity index (χ2n) is 25.2. The van der Waals surface area contributed by atoms with E-state index in [0.717, 1.165) is 46.8 Å². The number of halogens is 6. The van der Waals surface area contributed by atoms with Crippen molar-refractivity contribution in [3.8, 4) is 11.5 Å². The van der Waals surface area contributed by atoms with E-state index in [1.54, 1.807) is 24.3 Å². The van der Waals surface area contributed by atoms with Gasteiger partial charge in [-0.05, 0) is 138 Å². The van der Waals surface area contributed by atoms with E-state index in [2.05, 4.69) is 127 Å². The quantitative estimate of drug-likeness (QED) is 0.0514. The Labute approximate surface area is 561 Å². The van der Waals surface area contributed by atoms with Gasteiger partial charge in [0.05, 0.1) is 20.1 Å². The van der Waals surface area contributed by atoms with Gasteiger partial charge in [0.2, 0.25) is 0 Å². The number of rotatable bonds is 22. The maximum absolute atomic E-state index is 15.0. The fourth-order valence-electron chi connectivity index (χ4n) is 10.2. The lowest BCUT2D eigenvalue weighted by atomic mass is 9.76. The van der Waals surface area contributed by atoms with Gasteiger partial charge in [0.1, 0.15) is 46.4 Å². The van der Waals surface area contributed by atoms with E-state index in [1.807, 2.05) is 24.3 Å². The van der Waals surface area contributed by atoms with E-state index in [9.17, 15) is 28.8 Å². The third kappa shape index (κ3) is 15.8. The summed E-state index contributed by atoms with van der Waals surface area (Å²) in [6.07, 6.45) is 3.03. The molecule has 2 aliphatic rings. The summed E-state index contributed by atoms with van der Waals surface area (Å²) in [6.45, 7) is 25.1. The molecule has 0 saturated carbocycles. The minimum Gasteiger partial charge on any atom is -0.483 e. The molecule has 0 radical (unpaired) electrons. The molecule has 16 nitrogen and oxygen atoms in total. The number of nitrogens with one attached hydrogen (secondary N) is 4. The van der Waals surface area contributed by atoms with E-state index in [4.69, 9.17) is 79.1 Å². The van der Waals surface area contributed by atoms with Gasteiger partial charge in [0, 0.05) is 43.7 Å².